The van der Waals surface area contributed by atoms with Crippen molar-refractivity contribution in [3.05, 3.63) is 63.9 Å². The van der Waals surface area contributed by atoms with Crippen molar-refractivity contribution in [3.8, 4) is 0 Å². The molecule has 0 aliphatic heterocycles. The standard InChI is InChI=1S/C23H28Cl2FN3O4S/c1-5-15(2)27-23(31)16(3)28(13-19-20(24)7-6-8-21(19)25)22(30)14-29(34(4,32)33)18-11-9-17(26)10-12-18/h6-12,15-16H,5,13-14H2,1-4H3,(H,27,31)/t15-,16-/m1/s1. The summed E-state index contributed by atoms with van der Waals surface area (Å²) in [5.74, 6) is -1.61. The van der Waals surface area contributed by atoms with Crippen LogP contribution in [0, 0.1) is 5.82 Å². The quantitative estimate of drug-likeness (QED) is 0.496. The van der Waals surface area contributed by atoms with Gasteiger partial charge in [-0.3, -0.25) is 13.9 Å². The normalized spacial score (nSPS) is 13.1. The number of carbonyl (C=O) groups excluding carboxylic acids is 2. The van der Waals surface area contributed by atoms with Gasteiger partial charge in [-0.2, -0.15) is 0 Å². The van der Waals surface area contributed by atoms with Crippen LogP contribution in [0.25, 0.3) is 0 Å². The lowest BCUT2D eigenvalue weighted by atomic mass is 10.1. The zero-order chi connectivity index (χ0) is 25.6. The van der Waals surface area contributed by atoms with Crippen molar-refractivity contribution < 1.29 is 22.4 Å². The van der Waals surface area contributed by atoms with E-state index in [9.17, 15) is 22.4 Å². The Labute approximate surface area is 209 Å². The van der Waals surface area contributed by atoms with Crippen molar-refractivity contribution in [2.24, 2.45) is 0 Å². The maximum atomic E-state index is 13.4. The molecule has 2 aromatic carbocycles. The maximum Gasteiger partial charge on any atom is 0.244 e. The van der Waals surface area contributed by atoms with E-state index in [1.165, 1.54) is 17.0 Å². The Hall–Kier alpha value is -2.36. The highest BCUT2D eigenvalue weighted by Gasteiger charge is 2.31. The van der Waals surface area contributed by atoms with E-state index in [-0.39, 0.29) is 18.3 Å². The van der Waals surface area contributed by atoms with Gasteiger partial charge in [0.05, 0.1) is 11.9 Å². The third-order valence-corrected chi connectivity index (χ3v) is 7.20. The fourth-order valence-electron chi connectivity index (χ4n) is 3.12. The second-order valence-corrected chi connectivity index (χ2v) is 10.7. The summed E-state index contributed by atoms with van der Waals surface area (Å²) in [6, 6.07) is 8.51. The first-order chi connectivity index (χ1) is 15.8. The predicted octanol–water partition coefficient (Wildman–Crippen LogP) is 4.23. The van der Waals surface area contributed by atoms with Crippen LogP contribution in [0.2, 0.25) is 10.0 Å². The van der Waals surface area contributed by atoms with Crippen molar-refractivity contribution in [2.75, 3.05) is 17.1 Å². The van der Waals surface area contributed by atoms with Gasteiger partial charge in [-0.15, -0.1) is 0 Å². The van der Waals surface area contributed by atoms with Crippen LogP contribution in [0.1, 0.15) is 32.8 Å². The van der Waals surface area contributed by atoms with Gasteiger partial charge < -0.3 is 10.2 Å². The van der Waals surface area contributed by atoms with Crippen LogP contribution in [0.4, 0.5) is 10.1 Å². The topological polar surface area (TPSA) is 86.8 Å². The Morgan fingerprint density at radius 2 is 1.62 bits per heavy atom. The molecular weight excluding hydrogens is 504 g/mol. The van der Waals surface area contributed by atoms with Gasteiger partial charge >= 0.3 is 0 Å². The molecule has 2 atom stereocenters. The minimum atomic E-state index is -3.91. The van der Waals surface area contributed by atoms with E-state index in [1.807, 2.05) is 13.8 Å². The van der Waals surface area contributed by atoms with Crippen LogP contribution in [0.15, 0.2) is 42.5 Å². The minimum Gasteiger partial charge on any atom is -0.352 e. The minimum absolute atomic E-state index is 0.115. The molecule has 0 heterocycles. The Bertz CT molecular complexity index is 1110. The molecule has 0 saturated heterocycles. The van der Waals surface area contributed by atoms with Crippen LogP contribution < -0.4 is 9.62 Å². The third kappa shape index (κ3) is 7.32. The Morgan fingerprint density at radius 3 is 2.12 bits per heavy atom. The molecule has 0 saturated carbocycles. The van der Waals surface area contributed by atoms with Gasteiger partial charge in [-0.05, 0) is 56.7 Å². The first-order valence-corrected chi connectivity index (χ1v) is 13.2. The average molecular weight is 532 g/mol. The van der Waals surface area contributed by atoms with E-state index >= 15 is 0 Å². The molecule has 2 aromatic rings. The molecule has 0 spiro atoms. The molecule has 0 bridgehead atoms. The van der Waals surface area contributed by atoms with Crippen molar-refractivity contribution in [1.82, 2.24) is 10.2 Å². The van der Waals surface area contributed by atoms with Crippen LogP contribution >= 0.6 is 23.2 Å². The van der Waals surface area contributed by atoms with E-state index in [0.29, 0.717) is 22.0 Å². The first-order valence-electron chi connectivity index (χ1n) is 10.6. The van der Waals surface area contributed by atoms with Gasteiger partial charge in [0.15, 0.2) is 0 Å². The predicted molar refractivity (Wildman–Crippen MR) is 133 cm³/mol. The Balaban J connectivity index is 2.43. The molecule has 0 unspecified atom stereocenters. The Kier molecular flexibility index (Phi) is 9.73. The number of nitrogens with one attached hydrogen (secondary N) is 1. The smallest absolute Gasteiger partial charge is 0.244 e. The van der Waals surface area contributed by atoms with Crippen molar-refractivity contribution in [2.45, 2.75) is 45.8 Å². The van der Waals surface area contributed by atoms with Gasteiger partial charge in [0.25, 0.3) is 0 Å². The van der Waals surface area contributed by atoms with E-state index in [0.717, 1.165) is 22.7 Å². The molecule has 186 valence electrons. The summed E-state index contributed by atoms with van der Waals surface area (Å²) in [5, 5.41) is 3.44. The molecule has 0 aromatic heterocycles. The molecule has 0 aliphatic carbocycles. The number of amides is 2. The van der Waals surface area contributed by atoms with Gasteiger partial charge in [0.2, 0.25) is 21.8 Å². The lowest BCUT2D eigenvalue weighted by Gasteiger charge is -2.32. The first kappa shape index (κ1) is 27.9. The highest BCUT2D eigenvalue weighted by molar-refractivity contribution is 7.92. The number of sulfonamides is 1. The van der Waals surface area contributed by atoms with Gasteiger partial charge in [-0.1, -0.05) is 36.2 Å². The maximum absolute atomic E-state index is 13.4. The van der Waals surface area contributed by atoms with Crippen molar-refractivity contribution in [1.29, 1.82) is 0 Å². The summed E-state index contributed by atoms with van der Waals surface area (Å²) in [7, 11) is -3.91. The number of carbonyl (C=O) groups is 2. The second kappa shape index (κ2) is 11.9. The molecule has 0 fully saturated rings. The number of halogens is 3. The van der Waals surface area contributed by atoms with Gasteiger partial charge in [0.1, 0.15) is 18.4 Å². The number of benzene rings is 2. The number of hydrogen-bond donors (Lipinski definition) is 1. The summed E-state index contributed by atoms with van der Waals surface area (Å²) in [5.41, 5.74) is 0.541. The van der Waals surface area contributed by atoms with Crippen LogP contribution in [0.5, 0.6) is 0 Å². The lowest BCUT2D eigenvalue weighted by Crippen LogP contribution is -2.52. The molecule has 0 aliphatic rings. The number of rotatable bonds is 10. The molecule has 7 nitrogen and oxygen atoms in total. The summed E-state index contributed by atoms with van der Waals surface area (Å²) in [4.78, 5) is 27.5. The summed E-state index contributed by atoms with van der Waals surface area (Å²) in [6.07, 6.45) is 1.63. The zero-order valence-corrected chi connectivity index (χ0v) is 21.7. The summed E-state index contributed by atoms with van der Waals surface area (Å²) < 4.78 is 39.2. The lowest BCUT2D eigenvalue weighted by molar-refractivity contribution is -0.139. The summed E-state index contributed by atoms with van der Waals surface area (Å²) in [6.45, 7) is 4.57. The van der Waals surface area contributed by atoms with Crippen molar-refractivity contribution in [3.63, 3.8) is 0 Å². The van der Waals surface area contributed by atoms with E-state index in [2.05, 4.69) is 5.32 Å². The zero-order valence-electron chi connectivity index (χ0n) is 19.4. The van der Waals surface area contributed by atoms with E-state index in [4.69, 9.17) is 23.2 Å². The third-order valence-electron chi connectivity index (χ3n) is 5.35. The van der Waals surface area contributed by atoms with E-state index < -0.39 is 40.2 Å². The van der Waals surface area contributed by atoms with E-state index in [1.54, 1.807) is 25.1 Å². The fourth-order valence-corrected chi connectivity index (χ4v) is 4.49. The number of anilines is 1. The highest BCUT2D eigenvalue weighted by atomic mass is 35.5. The highest BCUT2D eigenvalue weighted by Crippen LogP contribution is 2.27. The largest absolute Gasteiger partial charge is 0.352 e. The molecule has 2 amide bonds. The monoisotopic (exact) mass is 531 g/mol. The molecular formula is C23H28Cl2FN3O4S. The molecule has 0 radical (unpaired) electrons. The summed E-state index contributed by atoms with van der Waals surface area (Å²) >= 11 is 12.6. The second-order valence-electron chi connectivity index (χ2n) is 7.96. The molecule has 2 rings (SSSR count). The number of hydrogen-bond acceptors (Lipinski definition) is 4. The number of nitrogens with zero attached hydrogens (tertiary/aromatic N) is 2. The van der Waals surface area contributed by atoms with Crippen LogP contribution in [-0.2, 0) is 26.2 Å². The average Bonchev–Trinajstić information content (AvgIpc) is 2.76. The molecule has 34 heavy (non-hydrogen) atoms. The SMILES string of the molecule is CC[C@@H](C)NC(=O)[C@@H](C)N(Cc1c(Cl)cccc1Cl)C(=O)CN(c1ccc(F)cc1)S(C)(=O)=O. The molecule has 1 N–H and O–H groups in total. The van der Waals surface area contributed by atoms with Gasteiger partial charge in [0, 0.05) is 28.2 Å². The van der Waals surface area contributed by atoms with Gasteiger partial charge in [-0.25, -0.2) is 12.8 Å². The fraction of sp³-hybridized carbons (Fsp3) is 0.391. The van der Waals surface area contributed by atoms with Crippen LogP contribution in [0.3, 0.4) is 0 Å². The molecule has 11 heteroatoms. The van der Waals surface area contributed by atoms with Crippen LogP contribution in [-0.4, -0.2) is 50.0 Å². The van der Waals surface area contributed by atoms with Crippen molar-refractivity contribution >= 4 is 50.7 Å². The Morgan fingerprint density at radius 1 is 1.06 bits per heavy atom.